The first-order valence-electron chi connectivity index (χ1n) is 6.04. The van der Waals surface area contributed by atoms with Gasteiger partial charge in [-0.05, 0) is 44.5 Å². The SMILES string of the molecule is CC(C)=NNC(=O)Cc1c(C)[nH]c2ccc(Br)cc12. The van der Waals surface area contributed by atoms with Crippen LogP contribution in [0.5, 0.6) is 0 Å². The molecule has 19 heavy (non-hydrogen) atoms. The average molecular weight is 322 g/mol. The lowest BCUT2D eigenvalue weighted by molar-refractivity contribution is -0.120. The van der Waals surface area contributed by atoms with Gasteiger partial charge in [-0.1, -0.05) is 15.9 Å². The summed E-state index contributed by atoms with van der Waals surface area (Å²) in [6.07, 6.45) is 0.319. The Morgan fingerprint density at radius 2 is 2.16 bits per heavy atom. The Hall–Kier alpha value is -1.62. The Morgan fingerprint density at radius 1 is 1.42 bits per heavy atom. The molecule has 1 amide bonds. The number of fused-ring (bicyclic) bond motifs is 1. The molecule has 4 nitrogen and oxygen atoms in total. The van der Waals surface area contributed by atoms with Crippen molar-refractivity contribution in [1.82, 2.24) is 10.4 Å². The van der Waals surface area contributed by atoms with E-state index in [0.717, 1.165) is 32.3 Å². The zero-order valence-corrected chi connectivity index (χ0v) is 12.8. The Labute approximate surface area is 120 Å². The number of aromatic nitrogens is 1. The van der Waals surface area contributed by atoms with E-state index in [1.54, 1.807) is 0 Å². The average Bonchev–Trinajstić information content (AvgIpc) is 2.63. The smallest absolute Gasteiger partial charge is 0.244 e. The summed E-state index contributed by atoms with van der Waals surface area (Å²) in [7, 11) is 0. The molecular formula is C14H16BrN3O. The number of amides is 1. The van der Waals surface area contributed by atoms with E-state index in [1.807, 2.05) is 39.0 Å². The molecule has 2 aromatic rings. The van der Waals surface area contributed by atoms with Gasteiger partial charge in [0.25, 0.3) is 0 Å². The monoisotopic (exact) mass is 321 g/mol. The number of hydrogen-bond donors (Lipinski definition) is 2. The Balaban J connectivity index is 2.29. The molecule has 0 spiro atoms. The fourth-order valence-corrected chi connectivity index (χ4v) is 2.32. The summed E-state index contributed by atoms with van der Waals surface area (Å²) in [5.74, 6) is -0.106. The predicted octanol–water partition coefficient (Wildman–Crippen LogP) is 3.29. The van der Waals surface area contributed by atoms with Gasteiger partial charge in [-0.15, -0.1) is 0 Å². The van der Waals surface area contributed by atoms with Crippen molar-refractivity contribution in [3.8, 4) is 0 Å². The third kappa shape index (κ3) is 3.23. The molecular weight excluding hydrogens is 306 g/mol. The second-order valence-corrected chi connectivity index (χ2v) is 5.60. The van der Waals surface area contributed by atoms with Crippen molar-refractivity contribution in [1.29, 1.82) is 0 Å². The van der Waals surface area contributed by atoms with Crippen molar-refractivity contribution in [2.45, 2.75) is 27.2 Å². The van der Waals surface area contributed by atoms with Crippen LogP contribution >= 0.6 is 15.9 Å². The maximum absolute atomic E-state index is 11.9. The molecule has 0 saturated carbocycles. The Morgan fingerprint density at radius 3 is 2.84 bits per heavy atom. The van der Waals surface area contributed by atoms with Gasteiger partial charge >= 0.3 is 0 Å². The number of carbonyl (C=O) groups excluding carboxylic acids is 1. The molecule has 5 heteroatoms. The molecule has 0 aliphatic heterocycles. The first kappa shape index (κ1) is 13.8. The van der Waals surface area contributed by atoms with Crippen LogP contribution in [0.1, 0.15) is 25.1 Å². The van der Waals surface area contributed by atoms with Crippen molar-refractivity contribution >= 4 is 38.5 Å². The van der Waals surface area contributed by atoms with E-state index in [9.17, 15) is 4.79 Å². The van der Waals surface area contributed by atoms with E-state index in [-0.39, 0.29) is 5.91 Å². The normalized spacial score (nSPS) is 10.5. The van der Waals surface area contributed by atoms with Crippen molar-refractivity contribution in [3.63, 3.8) is 0 Å². The molecule has 1 heterocycles. The fraction of sp³-hybridized carbons (Fsp3) is 0.286. The Kier molecular flexibility index (Phi) is 4.04. The van der Waals surface area contributed by atoms with E-state index < -0.39 is 0 Å². The first-order chi connectivity index (χ1) is 8.97. The van der Waals surface area contributed by atoms with Crippen LogP contribution in [-0.4, -0.2) is 16.6 Å². The number of H-pyrrole nitrogens is 1. The number of nitrogens with one attached hydrogen (secondary N) is 2. The zero-order chi connectivity index (χ0) is 14.0. The van der Waals surface area contributed by atoms with Crippen LogP contribution in [0.2, 0.25) is 0 Å². The van der Waals surface area contributed by atoms with Gasteiger partial charge in [-0.2, -0.15) is 5.10 Å². The van der Waals surface area contributed by atoms with E-state index in [1.165, 1.54) is 0 Å². The van der Waals surface area contributed by atoms with Gasteiger partial charge in [0.05, 0.1) is 6.42 Å². The fourth-order valence-electron chi connectivity index (χ4n) is 1.96. The quantitative estimate of drug-likeness (QED) is 0.661. The maximum Gasteiger partial charge on any atom is 0.244 e. The van der Waals surface area contributed by atoms with Crippen LogP contribution in [0.3, 0.4) is 0 Å². The molecule has 0 bridgehead atoms. The second kappa shape index (κ2) is 5.57. The van der Waals surface area contributed by atoms with Crippen molar-refractivity contribution in [2.75, 3.05) is 0 Å². The number of benzene rings is 1. The number of hydrogen-bond acceptors (Lipinski definition) is 2. The summed E-state index contributed by atoms with van der Waals surface area (Å²) >= 11 is 3.46. The molecule has 0 unspecified atom stereocenters. The first-order valence-corrected chi connectivity index (χ1v) is 6.83. The summed E-state index contributed by atoms with van der Waals surface area (Å²) in [5, 5.41) is 5.00. The van der Waals surface area contributed by atoms with Gasteiger partial charge in [0.2, 0.25) is 5.91 Å². The second-order valence-electron chi connectivity index (χ2n) is 4.69. The number of hydrazone groups is 1. The Bertz CT molecular complexity index is 654. The molecule has 0 saturated heterocycles. The highest BCUT2D eigenvalue weighted by Crippen LogP contribution is 2.25. The van der Waals surface area contributed by atoms with Gasteiger partial charge in [0, 0.05) is 26.8 Å². The summed E-state index contributed by atoms with van der Waals surface area (Å²) in [5.41, 5.74) is 6.44. The van der Waals surface area contributed by atoms with E-state index in [2.05, 4.69) is 31.4 Å². The third-order valence-electron chi connectivity index (χ3n) is 2.82. The van der Waals surface area contributed by atoms with Crippen LogP contribution in [0.25, 0.3) is 10.9 Å². The largest absolute Gasteiger partial charge is 0.358 e. The van der Waals surface area contributed by atoms with Gasteiger partial charge in [-0.3, -0.25) is 4.79 Å². The lowest BCUT2D eigenvalue weighted by atomic mass is 10.1. The molecule has 2 rings (SSSR count). The lowest BCUT2D eigenvalue weighted by Gasteiger charge is -2.02. The highest BCUT2D eigenvalue weighted by atomic mass is 79.9. The summed E-state index contributed by atoms with van der Waals surface area (Å²) in [6.45, 7) is 5.66. The minimum absolute atomic E-state index is 0.106. The standard InChI is InChI=1S/C14H16BrN3O/c1-8(2)17-18-14(19)7-11-9(3)16-13-5-4-10(15)6-12(11)13/h4-6,16H,7H2,1-3H3,(H,18,19). The number of aromatic amines is 1. The van der Waals surface area contributed by atoms with Crippen LogP contribution < -0.4 is 5.43 Å². The van der Waals surface area contributed by atoms with E-state index in [0.29, 0.717) is 6.42 Å². The van der Waals surface area contributed by atoms with Crippen molar-refractivity contribution in [2.24, 2.45) is 5.10 Å². The van der Waals surface area contributed by atoms with Crippen LogP contribution in [-0.2, 0) is 11.2 Å². The highest BCUT2D eigenvalue weighted by Gasteiger charge is 2.12. The van der Waals surface area contributed by atoms with Gasteiger partial charge < -0.3 is 4.98 Å². The third-order valence-corrected chi connectivity index (χ3v) is 3.32. The van der Waals surface area contributed by atoms with Crippen molar-refractivity contribution in [3.05, 3.63) is 33.9 Å². The molecule has 0 radical (unpaired) electrons. The minimum atomic E-state index is -0.106. The highest BCUT2D eigenvalue weighted by molar-refractivity contribution is 9.10. The minimum Gasteiger partial charge on any atom is -0.358 e. The molecule has 2 N–H and O–H groups in total. The number of nitrogens with zero attached hydrogens (tertiary/aromatic N) is 1. The van der Waals surface area contributed by atoms with Gasteiger partial charge in [0.15, 0.2) is 0 Å². The summed E-state index contributed by atoms with van der Waals surface area (Å²) < 4.78 is 1.00. The maximum atomic E-state index is 11.9. The van der Waals surface area contributed by atoms with E-state index in [4.69, 9.17) is 0 Å². The van der Waals surface area contributed by atoms with Crippen molar-refractivity contribution < 1.29 is 4.79 Å². The lowest BCUT2D eigenvalue weighted by Crippen LogP contribution is -2.20. The predicted molar refractivity (Wildman–Crippen MR) is 81.4 cm³/mol. The molecule has 1 aromatic carbocycles. The molecule has 100 valence electrons. The molecule has 1 aromatic heterocycles. The number of halogens is 1. The number of aryl methyl sites for hydroxylation is 1. The molecule has 0 aliphatic carbocycles. The summed E-state index contributed by atoms with van der Waals surface area (Å²) in [4.78, 5) is 15.1. The molecule has 0 fully saturated rings. The van der Waals surface area contributed by atoms with Gasteiger partial charge in [0.1, 0.15) is 0 Å². The molecule has 0 atom stereocenters. The zero-order valence-electron chi connectivity index (χ0n) is 11.2. The molecule has 0 aliphatic rings. The van der Waals surface area contributed by atoms with Crippen LogP contribution in [0.15, 0.2) is 27.8 Å². The van der Waals surface area contributed by atoms with E-state index >= 15 is 0 Å². The van der Waals surface area contributed by atoms with Gasteiger partial charge in [-0.25, -0.2) is 5.43 Å². The summed E-state index contributed by atoms with van der Waals surface area (Å²) in [6, 6.07) is 6.00. The van der Waals surface area contributed by atoms with Crippen LogP contribution in [0, 0.1) is 6.92 Å². The number of carbonyl (C=O) groups is 1. The topological polar surface area (TPSA) is 57.2 Å². The van der Waals surface area contributed by atoms with Crippen LogP contribution in [0.4, 0.5) is 0 Å². The number of rotatable bonds is 3.